The third kappa shape index (κ3) is 3.70. The molecule has 20 heavy (non-hydrogen) atoms. The largest absolute Gasteiger partial charge is 0.341 e. The highest BCUT2D eigenvalue weighted by atomic mass is 16.2. The van der Waals surface area contributed by atoms with Crippen LogP contribution < -0.4 is 5.32 Å². The summed E-state index contributed by atoms with van der Waals surface area (Å²) in [7, 11) is 0. The van der Waals surface area contributed by atoms with Gasteiger partial charge in [-0.05, 0) is 13.3 Å². The monoisotopic (exact) mass is 282 g/mol. The van der Waals surface area contributed by atoms with Crippen LogP contribution in [0.3, 0.4) is 0 Å². The Labute approximate surface area is 121 Å². The zero-order chi connectivity index (χ0) is 14.5. The molecule has 0 bridgehead atoms. The molecule has 2 rings (SSSR count). The predicted octanol–water partition coefficient (Wildman–Crippen LogP) is -0.639. The Morgan fingerprint density at radius 2 is 1.55 bits per heavy atom. The predicted molar refractivity (Wildman–Crippen MR) is 77.4 cm³/mol. The third-order valence-corrected chi connectivity index (χ3v) is 4.31. The average Bonchev–Trinajstić information content (AvgIpc) is 2.72. The van der Waals surface area contributed by atoms with Gasteiger partial charge in [0.05, 0.1) is 6.04 Å². The molecule has 6 nitrogen and oxygen atoms in total. The molecule has 0 radical (unpaired) electrons. The average molecular weight is 282 g/mol. The third-order valence-electron chi connectivity index (χ3n) is 4.31. The van der Waals surface area contributed by atoms with E-state index in [1.54, 1.807) is 6.92 Å². The highest BCUT2D eigenvalue weighted by molar-refractivity contribution is 5.81. The van der Waals surface area contributed by atoms with Crippen LogP contribution in [0.4, 0.5) is 0 Å². The molecule has 2 aliphatic heterocycles. The summed E-state index contributed by atoms with van der Waals surface area (Å²) in [5, 5.41) is 3.31. The summed E-state index contributed by atoms with van der Waals surface area (Å²) in [4.78, 5) is 30.0. The fraction of sp³-hybridized carbons (Fsp3) is 0.857. The zero-order valence-corrected chi connectivity index (χ0v) is 12.6. The van der Waals surface area contributed by atoms with Crippen LogP contribution in [0.25, 0.3) is 0 Å². The summed E-state index contributed by atoms with van der Waals surface area (Å²) >= 11 is 0. The van der Waals surface area contributed by atoms with Gasteiger partial charge < -0.3 is 15.1 Å². The van der Waals surface area contributed by atoms with Gasteiger partial charge in [-0.25, -0.2) is 0 Å². The number of carbonyl (C=O) groups excluding carboxylic acids is 2. The van der Waals surface area contributed by atoms with Gasteiger partial charge in [0.25, 0.3) is 0 Å². The fourth-order valence-corrected chi connectivity index (χ4v) is 2.94. The van der Waals surface area contributed by atoms with E-state index in [0.29, 0.717) is 13.1 Å². The molecule has 0 aromatic heterocycles. The molecule has 0 aromatic rings. The van der Waals surface area contributed by atoms with Gasteiger partial charge in [-0.1, -0.05) is 0 Å². The molecule has 1 N–H and O–H groups in total. The number of nitrogens with zero attached hydrogens (tertiary/aromatic N) is 3. The van der Waals surface area contributed by atoms with Gasteiger partial charge in [0, 0.05) is 59.3 Å². The van der Waals surface area contributed by atoms with Crippen molar-refractivity contribution in [3.8, 4) is 0 Å². The van der Waals surface area contributed by atoms with Crippen molar-refractivity contribution < 1.29 is 9.59 Å². The summed E-state index contributed by atoms with van der Waals surface area (Å²) in [5.74, 6) is 0.312. The normalized spacial score (nSPS) is 23.3. The summed E-state index contributed by atoms with van der Waals surface area (Å²) in [5.41, 5.74) is 0. The van der Waals surface area contributed by atoms with Crippen molar-refractivity contribution in [2.45, 2.75) is 26.3 Å². The Hall–Kier alpha value is -1.14. The molecule has 6 heteroatoms. The van der Waals surface area contributed by atoms with Crippen molar-refractivity contribution in [3.05, 3.63) is 0 Å². The molecule has 114 valence electrons. The van der Waals surface area contributed by atoms with E-state index in [4.69, 9.17) is 0 Å². The van der Waals surface area contributed by atoms with Gasteiger partial charge in [0.1, 0.15) is 0 Å². The Morgan fingerprint density at radius 1 is 0.950 bits per heavy atom. The van der Waals surface area contributed by atoms with E-state index in [2.05, 4.69) is 10.2 Å². The van der Waals surface area contributed by atoms with E-state index in [-0.39, 0.29) is 17.9 Å². The Morgan fingerprint density at radius 3 is 2.20 bits per heavy atom. The highest BCUT2D eigenvalue weighted by Gasteiger charge is 2.28. The van der Waals surface area contributed by atoms with E-state index in [9.17, 15) is 9.59 Å². The fourth-order valence-electron chi connectivity index (χ4n) is 2.94. The lowest BCUT2D eigenvalue weighted by Gasteiger charge is -2.34. The summed E-state index contributed by atoms with van der Waals surface area (Å²) in [6.07, 6.45) is 0.875. The molecule has 2 aliphatic rings. The first-order chi connectivity index (χ1) is 9.59. The minimum absolute atomic E-state index is 0.0546. The van der Waals surface area contributed by atoms with Crippen LogP contribution in [0.2, 0.25) is 0 Å². The first kappa shape index (κ1) is 15.3. The molecule has 0 aliphatic carbocycles. The molecule has 0 spiro atoms. The van der Waals surface area contributed by atoms with Crippen LogP contribution in [0.15, 0.2) is 0 Å². The molecule has 2 heterocycles. The lowest BCUT2D eigenvalue weighted by molar-refractivity contribution is -0.137. The number of hydrogen-bond acceptors (Lipinski definition) is 4. The number of nitrogens with one attached hydrogen (secondary N) is 1. The van der Waals surface area contributed by atoms with Gasteiger partial charge in [0.15, 0.2) is 0 Å². The van der Waals surface area contributed by atoms with Crippen LogP contribution >= 0.6 is 0 Å². The second-order valence-corrected chi connectivity index (χ2v) is 5.65. The minimum atomic E-state index is -0.0546. The molecule has 0 aromatic carbocycles. The van der Waals surface area contributed by atoms with Crippen molar-refractivity contribution in [1.29, 1.82) is 0 Å². The van der Waals surface area contributed by atoms with Crippen LogP contribution in [0.1, 0.15) is 20.3 Å². The van der Waals surface area contributed by atoms with Crippen LogP contribution in [0, 0.1) is 0 Å². The lowest BCUT2D eigenvalue weighted by atomic mass is 10.2. The van der Waals surface area contributed by atoms with Crippen molar-refractivity contribution in [3.63, 3.8) is 0 Å². The molecule has 1 unspecified atom stereocenters. The summed E-state index contributed by atoms with van der Waals surface area (Å²) in [6.45, 7) is 10.2. The van der Waals surface area contributed by atoms with Gasteiger partial charge in [-0.3, -0.25) is 14.5 Å². The number of amides is 2. The van der Waals surface area contributed by atoms with Crippen LogP contribution in [0.5, 0.6) is 0 Å². The zero-order valence-electron chi connectivity index (χ0n) is 12.6. The topological polar surface area (TPSA) is 55.9 Å². The van der Waals surface area contributed by atoms with Crippen molar-refractivity contribution >= 4 is 11.8 Å². The molecular formula is C14H26N4O2. The summed E-state index contributed by atoms with van der Waals surface area (Å²) < 4.78 is 0. The van der Waals surface area contributed by atoms with E-state index in [1.807, 2.05) is 16.7 Å². The second kappa shape index (κ2) is 7.04. The van der Waals surface area contributed by atoms with E-state index < -0.39 is 0 Å². The highest BCUT2D eigenvalue weighted by Crippen LogP contribution is 2.09. The smallest absolute Gasteiger partial charge is 0.239 e. The summed E-state index contributed by atoms with van der Waals surface area (Å²) in [6, 6.07) is -0.0546. The first-order valence-electron chi connectivity index (χ1n) is 7.58. The molecular weight excluding hydrogens is 256 g/mol. The Balaban J connectivity index is 1.89. The van der Waals surface area contributed by atoms with Crippen molar-refractivity contribution in [2.24, 2.45) is 0 Å². The number of rotatable bonds is 2. The number of piperazine rings is 1. The maximum atomic E-state index is 12.6. The minimum Gasteiger partial charge on any atom is -0.341 e. The SMILES string of the molecule is CC(=O)N1CCCN(C(=O)C(C)N2CCNCC2)CC1. The van der Waals surface area contributed by atoms with E-state index in [1.165, 1.54) is 0 Å². The van der Waals surface area contributed by atoms with Crippen LogP contribution in [-0.2, 0) is 9.59 Å². The van der Waals surface area contributed by atoms with E-state index >= 15 is 0 Å². The lowest BCUT2D eigenvalue weighted by Crippen LogP contribution is -2.54. The van der Waals surface area contributed by atoms with Gasteiger partial charge in [0.2, 0.25) is 11.8 Å². The first-order valence-corrected chi connectivity index (χ1v) is 7.58. The van der Waals surface area contributed by atoms with Crippen molar-refractivity contribution in [1.82, 2.24) is 20.0 Å². The standard InChI is InChI=1S/C14H26N4O2/c1-12(16-8-4-15-5-9-16)14(20)18-7-3-6-17(10-11-18)13(2)19/h12,15H,3-11H2,1-2H3. The van der Waals surface area contributed by atoms with Gasteiger partial charge in [-0.2, -0.15) is 0 Å². The van der Waals surface area contributed by atoms with Gasteiger partial charge >= 0.3 is 0 Å². The molecule has 2 amide bonds. The van der Waals surface area contributed by atoms with E-state index in [0.717, 1.165) is 45.7 Å². The number of hydrogen-bond donors (Lipinski definition) is 1. The Kier molecular flexibility index (Phi) is 5.37. The van der Waals surface area contributed by atoms with Crippen molar-refractivity contribution in [2.75, 3.05) is 52.4 Å². The molecule has 0 saturated carbocycles. The quantitative estimate of drug-likeness (QED) is 0.732. The second-order valence-electron chi connectivity index (χ2n) is 5.65. The molecule has 2 fully saturated rings. The molecule has 2 saturated heterocycles. The maximum Gasteiger partial charge on any atom is 0.239 e. The van der Waals surface area contributed by atoms with Gasteiger partial charge in [-0.15, -0.1) is 0 Å². The molecule has 1 atom stereocenters. The number of carbonyl (C=O) groups is 2. The maximum absolute atomic E-state index is 12.6. The van der Waals surface area contributed by atoms with Crippen LogP contribution in [-0.4, -0.2) is 84.9 Å². The Bertz CT molecular complexity index is 355.